The van der Waals surface area contributed by atoms with E-state index < -0.39 is 47.5 Å². The van der Waals surface area contributed by atoms with Crippen LogP contribution in [0.15, 0.2) is 42.5 Å². The van der Waals surface area contributed by atoms with Gasteiger partial charge in [0.1, 0.15) is 12.1 Å². The van der Waals surface area contributed by atoms with Gasteiger partial charge in [0.25, 0.3) is 23.4 Å². The minimum Gasteiger partial charge on any atom is -0.454 e. The zero-order valence-electron chi connectivity index (χ0n) is 15.9. The quantitative estimate of drug-likeness (QED) is 0.314. The fourth-order valence-electron chi connectivity index (χ4n) is 2.89. The van der Waals surface area contributed by atoms with Crippen LogP contribution in [0.1, 0.15) is 31.8 Å². The second-order valence-corrected chi connectivity index (χ2v) is 6.58. The second-order valence-electron chi connectivity index (χ2n) is 6.58. The van der Waals surface area contributed by atoms with E-state index in [0.717, 1.165) is 17.2 Å². The van der Waals surface area contributed by atoms with Gasteiger partial charge >= 0.3 is 5.97 Å². The Hall–Kier alpha value is -4.08. The molecule has 10 heteroatoms. The molecule has 30 heavy (non-hydrogen) atoms. The van der Waals surface area contributed by atoms with Gasteiger partial charge < -0.3 is 10.1 Å². The van der Waals surface area contributed by atoms with Crippen LogP contribution in [0.3, 0.4) is 0 Å². The molecular formula is C20H17N3O7. The number of esters is 1. The van der Waals surface area contributed by atoms with Crippen LogP contribution in [0.2, 0.25) is 0 Å². The number of aryl methyl sites for hydroxylation is 1. The third-order valence-corrected chi connectivity index (χ3v) is 4.44. The van der Waals surface area contributed by atoms with Crippen molar-refractivity contribution in [1.82, 2.24) is 10.2 Å². The number of carbonyl (C=O) groups is 4. The van der Waals surface area contributed by atoms with E-state index in [1.54, 1.807) is 0 Å². The third kappa shape index (κ3) is 4.32. The van der Waals surface area contributed by atoms with Crippen LogP contribution in [0.25, 0.3) is 0 Å². The smallest absolute Gasteiger partial charge is 0.326 e. The summed E-state index contributed by atoms with van der Waals surface area (Å²) in [6.45, 7) is 0.843. The first kappa shape index (κ1) is 20.6. The summed E-state index contributed by atoms with van der Waals surface area (Å²) in [4.78, 5) is 59.4. The van der Waals surface area contributed by atoms with Crippen LogP contribution in [0, 0.1) is 17.0 Å². The lowest BCUT2D eigenvalue weighted by Crippen LogP contribution is -2.37. The molecule has 3 rings (SSSR count). The van der Waals surface area contributed by atoms with E-state index in [-0.39, 0.29) is 17.7 Å². The predicted molar refractivity (Wildman–Crippen MR) is 102 cm³/mol. The highest BCUT2D eigenvalue weighted by atomic mass is 16.6. The zero-order chi connectivity index (χ0) is 21.8. The highest BCUT2D eigenvalue weighted by molar-refractivity contribution is 6.24. The van der Waals surface area contributed by atoms with Crippen LogP contribution in [0.5, 0.6) is 0 Å². The molecular weight excluding hydrogens is 394 g/mol. The SMILES string of the molecule is Cc1ccc(CNC(=O)COC(=O)CN2C(=O)c3cccc([N+](=O)[O-])c3C2=O)cc1. The van der Waals surface area contributed by atoms with Gasteiger partial charge in [-0.2, -0.15) is 0 Å². The molecule has 0 fully saturated rings. The summed E-state index contributed by atoms with van der Waals surface area (Å²) in [5, 5.41) is 13.7. The molecule has 3 amide bonds. The van der Waals surface area contributed by atoms with Crippen molar-refractivity contribution in [2.45, 2.75) is 13.5 Å². The van der Waals surface area contributed by atoms with Crippen molar-refractivity contribution in [3.8, 4) is 0 Å². The summed E-state index contributed by atoms with van der Waals surface area (Å²) in [6, 6.07) is 11.1. The fraction of sp³-hybridized carbons (Fsp3) is 0.200. The maximum absolute atomic E-state index is 12.4. The maximum atomic E-state index is 12.4. The topological polar surface area (TPSA) is 136 Å². The largest absolute Gasteiger partial charge is 0.454 e. The number of nitro groups is 1. The molecule has 1 heterocycles. The fourth-order valence-corrected chi connectivity index (χ4v) is 2.89. The number of nitrogens with zero attached hydrogens (tertiary/aromatic N) is 2. The number of benzene rings is 2. The van der Waals surface area contributed by atoms with Crippen molar-refractivity contribution in [2.24, 2.45) is 0 Å². The normalized spacial score (nSPS) is 12.5. The number of imide groups is 1. The van der Waals surface area contributed by atoms with Gasteiger partial charge in [0, 0.05) is 12.6 Å². The number of ether oxygens (including phenoxy) is 1. The van der Waals surface area contributed by atoms with Crippen LogP contribution in [-0.2, 0) is 20.9 Å². The molecule has 0 spiro atoms. The van der Waals surface area contributed by atoms with Gasteiger partial charge in [-0.3, -0.25) is 34.2 Å². The van der Waals surface area contributed by atoms with Gasteiger partial charge in [0.05, 0.1) is 10.5 Å². The van der Waals surface area contributed by atoms with E-state index in [1.165, 1.54) is 12.1 Å². The molecule has 1 aliphatic heterocycles. The third-order valence-electron chi connectivity index (χ3n) is 4.44. The lowest BCUT2D eigenvalue weighted by Gasteiger charge is -2.13. The maximum Gasteiger partial charge on any atom is 0.326 e. The van der Waals surface area contributed by atoms with E-state index in [4.69, 9.17) is 4.74 Å². The molecule has 2 aromatic carbocycles. The van der Waals surface area contributed by atoms with Gasteiger partial charge in [0.2, 0.25) is 0 Å². The van der Waals surface area contributed by atoms with Crippen molar-refractivity contribution in [1.29, 1.82) is 0 Å². The minimum absolute atomic E-state index is 0.155. The van der Waals surface area contributed by atoms with Gasteiger partial charge in [-0.15, -0.1) is 0 Å². The number of rotatable bonds is 7. The number of nitrogens with one attached hydrogen (secondary N) is 1. The van der Waals surface area contributed by atoms with Crippen molar-refractivity contribution in [2.75, 3.05) is 13.2 Å². The first-order chi connectivity index (χ1) is 14.3. The lowest BCUT2D eigenvalue weighted by atomic mass is 10.1. The molecule has 0 aromatic heterocycles. The second kappa shape index (κ2) is 8.52. The first-order valence-corrected chi connectivity index (χ1v) is 8.89. The van der Waals surface area contributed by atoms with E-state index in [9.17, 15) is 29.3 Å². The van der Waals surface area contributed by atoms with Crippen LogP contribution in [-0.4, -0.2) is 46.7 Å². The Balaban J connectivity index is 1.54. The summed E-state index contributed by atoms with van der Waals surface area (Å²) in [5.74, 6) is -3.33. The highest BCUT2D eigenvalue weighted by Crippen LogP contribution is 2.30. The van der Waals surface area contributed by atoms with Gasteiger partial charge in [-0.05, 0) is 18.6 Å². The van der Waals surface area contributed by atoms with E-state index >= 15 is 0 Å². The predicted octanol–water partition coefficient (Wildman–Crippen LogP) is 1.36. The van der Waals surface area contributed by atoms with E-state index in [1.807, 2.05) is 31.2 Å². The molecule has 2 aromatic rings. The lowest BCUT2D eigenvalue weighted by molar-refractivity contribution is -0.385. The number of fused-ring (bicyclic) bond motifs is 1. The van der Waals surface area contributed by atoms with Gasteiger partial charge in [-0.25, -0.2) is 0 Å². The van der Waals surface area contributed by atoms with E-state index in [2.05, 4.69) is 5.32 Å². The molecule has 0 unspecified atom stereocenters. The minimum atomic E-state index is -0.988. The number of hydrogen-bond donors (Lipinski definition) is 1. The Bertz CT molecular complexity index is 1050. The average molecular weight is 411 g/mol. The molecule has 154 valence electrons. The monoisotopic (exact) mass is 411 g/mol. The van der Waals surface area contributed by atoms with Crippen molar-refractivity contribution in [3.05, 3.63) is 74.8 Å². The number of nitro benzene ring substituents is 1. The standard InChI is InChI=1S/C20H17N3O7/c1-12-5-7-13(8-6-12)9-21-16(24)11-30-17(25)10-22-19(26)14-3-2-4-15(23(28)29)18(14)20(22)27/h2-8H,9-11H2,1H3,(H,21,24). The van der Waals surface area contributed by atoms with Crippen molar-refractivity contribution in [3.63, 3.8) is 0 Å². The Kier molecular flexibility index (Phi) is 5.86. The van der Waals surface area contributed by atoms with Crippen molar-refractivity contribution >= 4 is 29.4 Å². The molecule has 0 atom stereocenters. The van der Waals surface area contributed by atoms with Crippen LogP contribution in [0.4, 0.5) is 5.69 Å². The summed E-state index contributed by atoms with van der Waals surface area (Å²) >= 11 is 0. The first-order valence-electron chi connectivity index (χ1n) is 8.89. The van der Waals surface area contributed by atoms with Crippen LogP contribution >= 0.6 is 0 Å². The number of hydrogen-bond acceptors (Lipinski definition) is 7. The Morgan fingerprint density at radius 1 is 1.10 bits per heavy atom. The van der Waals surface area contributed by atoms with Gasteiger partial charge in [0.15, 0.2) is 6.61 Å². The summed E-state index contributed by atoms with van der Waals surface area (Å²) in [5.41, 5.74) is 0.913. The molecule has 0 saturated heterocycles. The number of carbonyl (C=O) groups excluding carboxylic acids is 4. The van der Waals surface area contributed by atoms with Crippen molar-refractivity contribution < 1.29 is 28.8 Å². The van der Waals surface area contributed by atoms with Crippen LogP contribution < -0.4 is 5.32 Å². The highest BCUT2D eigenvalue weighted by Gasteiger charge is 2.41. The Morgan fingerprint density at radius 2 is 1.80 bits per heavy atom. The van der Waals surface area contributed by atoms with E-state index in [0.29, 0.717) is 4.90 Å². The number of amides is 3. The molecule has 0 aliphatic carbocycles. The molecule has 0 bridgehead atoms. The molecule has 10 nitrogen and oxygen atoms in total. The average Bonchev–Trinajstić information content (AvgIpc) is 2.96. The Labute approximate surface area is 170 Å². The zero-order valence-corrected chi connectivity index (χ0v) is 15.9. The Morgan fingerprint density at radius 3 is 2.47 bits per heavy atom. The molecule has 0 saturated carbocycles. The molecule has 1 aliphatic rings. The summed E-state index contributed by atoms with van der Waals surface area (Å²) in [6.07, 6.45) is 0. The summed E-state index contributed by atoms with van der Waals surface area (Å²) < 4.78 is 4.82. The van der Waals surface area contributed by atoms with Gasteiger partial charge in [-0.1, -0.05) is 35.9 Å². The molecule has 1 N–H and O–H groups in total. The summed E-state index contributed by atoms with van der Waals surface area (Å²) in [7, 11) is 0. The molecule has 0 radical (unpaired) electrons.